The quantitative estimate of drug-likeness (QED) is 0.669. The van der Waals surface area contributed by atoms with Crippen LogP contribution in [-0.4, -0.2) is 29.0 Å². The zero-order valence-electron chi connectivity index (χ0n) is 12.0. The molecule has 1 aromatic rings. The van der Waals surface area contributed by atoms with Gasteiger partial charge >= 0.3 is 5.97 Å². The average Bonchev–Trinajstić information content (AvgIpc) is 2.34. The molecule has 0 aromatic carbocycles. The number of aromatic nitrogens is 1. The fraction of sp³-hybridized carbons (Fsp3) is 0.500. The molecule has 0 saturated heterocycles. The minimum atomic E-state index is -0.697. The number of rotatable bonds is 5. The number of carbonyl (C=O) groups excluding carboxylic acids is 2. The third kappa shape index (κ3) is 4.81. The lowest BCUT2D eigenvalue weighted by molar-refractivity contribution is -0.150. The highest BCUT2D eigenvalue weighted by Crippen LogP contribution is 2.10. The molecule has 0 spiro atoms. The van der Waals surface area contributed by atoms with Gasteiger partial charge in [0.2, 0.25) is 0 Å². The van der Waals surface area contributed by atoms with Gasteiger partial charge in [-0.1, -0.05) is 25.4 Å². The summed E-state index contributed by atoms with van der Waals surface area (Å²) in [5.41, 5.74) is 0.355. The standard InChI is InChI=1S/C14H19ClN2O3/c1-8(2)12(14(19)20-9(3)4)17-13(18)10-5-6-16-11(15)7-10/h5-9,12H,1-4H3,(H,17,18)/t12-/m0/s1. The Balaban J connectivity index is 2.80. The molecule has 0 fully saturated rings. The third-order valence-corrected chi connectivity index (χ3v) is 2.75. The highest BCUT2D eigenvalue weighted by atomic mass is 35.5. The Labute approximate surface area is 123 Å². The first-order chi connectivity index (χ1) is 9.31. The molecule has 0 bridgehead atoms. The lowest BCUT2D eigenvalue weighted by Gasteiger charge is -2.22. The van der Waals surface area contributed by atoms with Crippen LogP contribution in [-0.2, 0) is 9.53 Å². The van der Waals surface area contributed by atoms with Gasteiger partial charge in [0.1, 0.15) is 11.2 Å². The van der Waals surface area contributed by atoms with Crippen LogP contribution in [0.15, 0.2) is 18.3 Å². The first-order valence-electron chi connectivity index (χ1n) is 6.44. The van der Waals surface area contributed by atoms with Crippen LogP contribution in [0.1, 0.15) is 38.1 Å². The van der Waals surface area contributed by atoms with Crippen molar-refractivity contribution < 1.29 is 14.3 Å². The van der Waals surface area contributed by atoms with Gasteiger partial charge < -0.3 is 10.1 Å². The summed E-state index contributed by atoms with van der Waals surface area (Å²) >= 11 is 5.74. The maximum atomic E-state index is 12.1. The van der Waals surface area contributed by atoms with E-state index in [-0.39, 0.29) is 23.1 Å². The maximum absolute atomic E-state index is 12.1. The second-order valence-corrected chi connectivity index (χ2v) is 5.44. The SMILES string of the molecule is CC(C)OC(=O)[C@@H](NC(=O)c1ccnc(Cl)c1)C(C)C. The first-order valence-corrected chi connectivity index (χ1v) is 6.82. The van der Waals surface area contributed by atoms with E-state index in [9.17, 15) is 9.59 Å². The van der Waals surface area contributed by atoms with Crippen molar-refractivity contribution in [3.8, 4) is 0 Å². The Bertz CT molecular complexity index is 489. The van der Waals surface area contributed by atoms with Crippen molar-refractivity contribution in [3.63, 3.8) is 0 Å². The van der Waals surface area contributed by atoms with Crippen LogP contribution in [0.25, 0.3) is 0 Å². The van der Waals surface area contributed by atoms with Crippen LogP contribution in [0.2, 0.25) is 5.15 Å². The summed E-state index contributed by atoms with van der Waals surface area (Å²) in [6, 6.07) is 2.28. The predicted octanol–water partition coefficient (Wildman–Crippen LogP) is 2.44. The Morgan fingerprint density at radius 1 is 1.30 bits per heavy atom. The van der Waals surface area contributed by atoms with Crippen LogP contribution >= 0.6 is 11.6 Å². The third-order valence-electron chi connectivity index (χ3n) is 2.55. The molecule has 0 aliphatic carbocycles. The summed E-state index contributed by atoms with van der Waals surface area (Å²) < 4.78 is 5.14. The van der Waals surface area contributed by atoms with Crippen molar-refractivity contribution in [2.75, 3.05) is 0 Å². The Morgan fingerprint density at radius 2 is 1.95 bits per heavy atom. The number of amides is 1. The van der Waals surface area contributed by atoms with Gasteiger partial charge in [-0.2, -0.15) is 0 Å². The molecular weight excluding hydrogens is 280 g/mol. The molecule has 0 aliphatic rings. The number of hydrogen-bond acceptors (Lipinski definition) is 4. The van der Waals surface area contributed by atoms with E-state index in [0.29, 0.717) is 5.56 Å². The van der Waals surface area contributed by atoms with E-state index in [1.807, 2.05) is 13.8 Å². The lowest BCUT2D eigenvalue weighted by Crippen LogP contribution is -2.46. The first kappa shape index (κ1) is 16.4. The number of hydrogen-bond donors (Lipinski definition) is 1. The van der Waals surface area contributed by atoms with Crippen molar-refractivity contribution in [1.82, 2.24) is 10.3 Å². The van der Waals surface area contributed by atoms with Crippen molar-refractivity contribution in [3.05, 3.63) is 29.0 Å². The van der Waals surface area contributed by atoms with E-state index in [1.54, 1.807) is 13.8 Å². The second kappa shape index (κ2) is 7.24. The van der Waals surface area contributed by atoms with Crippen LogP contribution in [0, 0.1) is 5.92 Å². The number of nitrogens with one attached hydrogen (secondary N) is 1. The molecule has 1 heterocycles. The summed E-state index contributed by atoms with van der Waals surface area (Å²) in [6.45, 7) is 7.21. The minimum absolute atomic E-state index is 0.0810. The van der Waals surface area contributed by atoms with Crippen molar-refractivity contribution in [1.29, 1.82) is 0 Å². The molecule has 6 heteroatoms. The van der Waals surface area contributed by atoms with Gasteiger partial charge in [0.05, 0.1) is 6.10 Å². The second-order valence-electron chi connectivity index (χ2n) is 5.05. The Hall–Kier alpha value is -1.62. The summed E-state index contributed by atoms with van der Waals surface area (Å²) in [5.74, 6) is -0.903. The minimum Gasteiger partial charge on any atom is -0.461 e. The fourth-order valence-corrected chi connectivity index (χ4v) is 1.75. The molecule has 1 amide bonds. The van der Waals surface area contributed by atoms with E-state index in [1.165, 1.54) is 18.3 Å². The highest BCUT2D eigenvalue weighted by Gasteiger charge is 2.26. The Morgan fingerprint density at radius 3 is 2.45 bits per heavy atom. The van der Waals surface area contributed by atoms with E-state index >= 15 is 0 Å². The average molecular weight is 299 g/mol. The Kier molecular flexibility index (Phi) is 5.95. The van der Waals surface area contributed by atoms with Gasteiger partial charge in [-0.3, -0.25) is 4.79 Å². The van der Waals surface area contributed by atoms with Crippen molar-refractivity contribution in [2.45, 2.75) is 39.8 Å². The van der Waals surface area contributed by atoms with Crippen molar-refractivity contribution >= 4 is 23.5 Å². The molecule has 0 aliphatic heterocycles. The van der Waals surface area contributed by atoms with Crippen LogP contribution in [0.5, 0.6) is 0 Å². The van der Waals surface area contributed by atoms with Crippen LogP contribution < -0.4 is 5.32 Å². The molecule has 1 aromatic heterocycles. The molecule has 20 heavy (non-hydrogen) atoms. The van der Waals surface area contributed by atoms with Crippen LogP contribution in [0.3, 0.4) is 0 Å². The molecule has 1 atom stereocenters. The van der Waals surface area contributed by atoms with Gasteiger partial charge in [-0.25, -0.2) is 9.78 Å². The fourth-order valence-electron chi connectivity index (χ4n) is 1.57. The normalized spacial score (nSPS) is 12.3. The predicted molar refractivity (Wildman–Crippen MR) is 76.6 cm³/mol. The summed E-state index contributed by atoms with van der Waals surface area (Å²) in [5, 5.41) is 2.89. The number of nitrogens with zero attached hydrogens (tertiary/aromatic N) is 1. The van der Waals surface area contributed by atoms with Gasteiger partial charge in [0.25, 0.3) is 5.91 Å². The van der Waals surface area contributed by atoms with Crippen LogP contribution in [0.4, 0.5) is 0 Å². The molecule has 0 saturated carbocycles. The molecular formula is C14H19ClN2O3. The van der Waals surface area contributed by atoms with Gasteiger partial charge in [0, 0.05) is 11.8 Å². The molecule has 110 valence electrons. The van der Waals surface area contributed by atoms with Gasteiger partial charge in [0.15, 0.2) is 0 Å². The molecule has 0 radical (unpaired) electrons. The largest absolute Gasteiger partial charge is 0.461 e. The number of halogens is 1. The van der Waals surface area contributed by atoms with E-state index in [4.69, 9.17) is 16.3 Å². The zero-order valence-corrected chi connectivity index (χ0v) is 12.8. The van der Waals surface area contributed by atoms with Crippen molar-refractivity contribution in [2.24, 2.45) is 5.92 Å². The monoisotopic (exact) mass is 298 g/mol. The van der Waals surface area contributed by atoms with E-state index in [0.717, 1.165) is 0 Å². The number of carbonyl (C=O) groups is 2. The smallest absolute Gasteiger partial charge is 0.329 e. The van der Waals surface area contributed by atoms with Gasteiger partial charge in [-0.05, 0) is 31.9 Å². The summed E-state index contributed by atoms with van der Waals surface area (Å²) in [7, 11) is 0. The molecule has 1 N–H and O–H groups in total. The zero-order chi connectivity index (χ0) is 15.3. The summed E-state index contributed by atoms with van der Waals surface area (Å²) in [4.78, 5) is 27.9. The molecule has 5 nitrogen and oxygen atoms in total. The lowest BCUT2D eigenvalue weighted by atomic mass is 10.0. The number of pyridine rings is 1. The van der Waals surface area contributed by atoms with Gasteiger partial charge in [-0.15, -0.1) is 0 Å². The topological polar surface area (TPSA) is 68.3 Å². The number of ether oxygens (including phenoxy) is 1. The maximum Gasteiger partial charge on any atom is 0.329 e. The number of esters is 1. The van der Waals surface area contributed by atoms with E-state index in [2.05, 4.69) is 10.3 Å². The molecule has 1 rings (SSSR count). The summed E-state index contributed by atoms with van der Waals surface area (Å²) in [6.07, 6.45) is 1.21. The molecule has 0 unspecified atom stereocenters. The van der Waals surface area contributed by atoms with E-state index < -0.39 is 12.0 Å². The highest BCUT2D eigenvalue weighted by molar-refractivity contribution is 6.29.